The molecule has 1 aliphatic heterocycles. The molecule has 1 amide bonds. The molecule has 1 aliphatic carbocycles. The summed E-state index contributed by atoms with van der Waals surface area (Å²) in [5.74, 6) is -3.27. The minimum absolute atomic E-state index is 0.164. The number of carbonyl (C=O) groups excluding carboxylic acids is 1. The van der Waals surface area contributed by atoms with Crippen LogP contribution in [0, 0.1) is 23.5 Å². The minimum Gasteiger partial charge on any atom is -0.465 e. The summed E-state index contributed by atoms with van der Waals surface area (Å²) in [6.45, 7) is 0.183. The van der Waals surface area contributed by atoms with Crippen molar-refractivity contribution in [3.05, 3.63) is 29.3 Å². The number of anilines is 1. The number of ether oxygens (including phenoxy) is 1. The molecule has 1 heterocycles. The zero-order chi connectivity index (χ0) is 13.7. The van der Waals surface area contributed by atoms with Crippen LogP contribution in [0.2, 0.25) is 0 Å². The van der Waals surface area contributed by atoms with Crippen LogP contribution >= 0.6 is 0 Å². The molecule has 1 saturated carbocycles. The van der Waals surface area contributed by atoms with Crippen LogP contribution in [0.25, 0.3) is 0 Å². The Morgan fingerprint density at radius 3 is 2.42 bits per heavy atom. The number of rotatable bonds is 2. The maximum Gasteiger partial charge on any atom is 0.409 e. The largest absolute Gasteiger partial charge is 0.465 e. The molecule has 1 aromatic rings. The van der Waals surface area contributed by atoms with Crippen molar-refractivity contribution in [2.45, 2.75) is 5.92 Å². The highest BCUT2D eigenvalue weighted by atomic mass is 19.1. The third-order valence-electron chi connectivity index (χ3n) is 3.52. The van der Waals surface area contributed by atoms with E-state index in [0.29, 0.717) is 0 Å². The standard InChI is InChI=1S/C12H9F2NO4/c13-6-1-4(15-12(17)18)2-7(14)10(6)8-5-3-19-11(16)9(5)8/h1-2,5,8-9,15H,3H2,(H,17,18). The molecule has 2 fully saturated rings. The first kappa shape index (κ1) is 11.9. The molecule has 0 radical (unpaired) electrons. The summed E-state index contributed by atoms with van der Waals surface area (Å²) >= 11 is 0. The van der Waals surface area contributed by atoms with Crippen molar-refractivity contribution < 1.29 is 28.2 Å². The summed E-state index contributed by atoms with van der Waals surface area (Å²) in [7, 11) is 0. The number of carboxylic acid groups (broad SMARTS) is 1. The Bertz CT molecular complexity index is 566. The maximum absolute atomic E-state index is 13.9. The van der Waals surface area contributed by atoms with Gasteiger partial charge in [0.1, 0.15) is 11.6 Å². The zero-order valence-electron chi connectivity index (χ0n) is 9.52. The van der Waals surface area contributed by atoms with Gasteiger partial charge in [0.15, 0.2) is 0 Å². The Kier molecular flexibility index (Phi) is 2.44. The average molecular weight is 269 g/mol. The maximum atomic E-state index is 13.9. The van der Waals surface area contributed by atoms with Gasteiger partial charge in [-0.3, -0.25) is 10.1 Å². The summed E-state index contributed by atoms with van der Waals surface area (Å²) in [5.41, 5.74) is -0.345. The first-order valence-electron chi connectivity index (χ1n) is 5.64. The van der Waals surface area contributed by atoms with Crippen LogP contribution in [-0.2, 0) is 9.53 Å². The van der Waals surface area contributed by atoms with E-state index in [-0.39, 0.29) is 23.8 Å². The van der Waals surface area contributed by atoms with Crippen LogP contribution in [-0.4, -0.2) is 23.8 Å². The molecular formula is C12H9F2NO4. The number of cyclic esters (lactones) is 1. The average Bonchev–Trinajstić information content (AvgIpc) is 2.85. The van der Waals surface area contributed by atoms with E-state index in [0.717, 1.165) is 12.1 Å². The summed E-state index contributed by atoms with van der Waals surface area (Å²) in [4.78, 5) is 21.7. The number of halogens is 2. The summed E-state index contributed by atoms with van der Waals surface area (Å²) in [5, 5.41) is 10.4. The Labute approximate surface area is 106 Å². The Balaban J connectivity index is 1.91. The SMILES string of the molecule is O=C(O)Nc1cc(F)c(C2C3COC(=O)C32)c(F)c1. The van der Waals surface area contributed by atoms with Gasteiger partial charge in [-0.05, 0) is 12.1 Å². The molecule has 100 valence electrons. The van der Waals surface area contributed by atoms with E-state index >= 15 is 0 Å². The molecule has 0 spiro atoms. The van der Waals surface area contributed by atoms with Gasteiger partial charge in [0.2, 0.25) is 0 Å². The molecule has 7 heteroatoms. The monoisotopic (exact) mass is 269 g/mol. The lowest BCUT2D eigenvalue weighted by Gasteiger charge is -2.09. The fourth-order valence-electron chi connectivity index (χ4n) is 2.67. The van der Waals surface area contributed by atoms with E-state index in [4.69, 9.17) is 9.84 Å². The molecule has 2 N–H and O–H groups in total. The van der Waals surface area contributed by atoms with Crippen LogP contribution in [0.4, 0.5) is 19.3 Å². The molecule has 5 nitrogen and oxygen atoms in total. The highest BCUT2D eigenvalue weighted by molar-refractivity contribution is 5.83. The summed E-state index contributed by atoms with van der Waals surface area (Å²) in [6, 6.07) is 1.82. The lowest BCUT2D eigenvalue weighted by Crippen LogP contribution is -2.10. The number of hydrogen-bond acceptors (Lipinski definition) is 3. The van der Waals surface area contributed by atoms with E-state index in [1.165, 1.54) is 0 Å². The van der Waals surface area contributed by atoms with Crippen LogP contribution in [0.1, 0.15) is 11.5 Å². The number of carbonyl (C=O) groups is 2. The smallest absolute Gasteiger partial charge is 0.409 e. The van der Waals surface area contributed by atoms with Gasteiger partial charge in [-0.1, -0.05) is 0 Å². The number of esters is 1. The molecule has 3 unspecified atom stereocenters. The van der Waals surface area contributed by atoms with Gasteiger partial charge in [0, 0.05) is 23.1 Å². The second kappa shape index (κ2) is 3.91. The third kappa shape index (κ3) is 1.81. The first-order valence-corrected chi connectivity index (χ1v) is 5.64. The van der Waals surface area contributed by atoms with Gasteiger partial charge < -0.3 is 9.84 Å². The molecule has 3 atom stereocenters. The predicted molar refractivity (Wildman–Crippen MR) is 58.7 cm³/mol. The van der Waals surface area contributed by atoms with E-state index in [1.54, 1.807) is 0 Å². The molecular weight excluding hydrogens is 260 g/mol. The Morgan fingerprint density at radius 2 is 1.95 bits per heavy atom. The number of nitrogens with one attached hydrogen (secondary N) is 1. The molecule has 2 aliphatic rings. The van der Waals surface area contributed by atoms with Gasteiger partial charge in [-0.25, -0.2) is 13.6 Å². The van der Waals surface area contributed by atoms with Crippen LogP contribution < -0.4 is 5.32 Å². The van der Waals surface area contributed by atoms with Gasteiger partial charge in [0.25, 0.3) is 0 Å². The quantitative estimate of drug-likeness (QED) is 0.804. The fourth-order valence-corrected chi connectivity index (χ4v) is 2.67. The van der Waals surface area contributed by atoms with Gasteiger partial charge in [-0.15, -0.1) is 0 Å². The lowest BCUT2D eigenvalue weighted by molar-refractivity contribution is -0.141. The number of fused-ring (bicyclic) bond motifs is 1. The molecule has 1 aromatic carbocycles. The molecule has 3 rings (SSSR count). The van der Waals surface area contributed by atoms with Crippen molar-refractivity contribution in [1.29, 1.82) is 0 Å². The zero-order valence-corrected chi connectivity index (χ0v) is 9.52. The van der Waals surface area contributed by atoms with Crippen LogP contribution in [0.5, 0.6) is 0 Å². The van der Waals surface area contributed by atoms with Crippen molar-refractivity contribution in [3.8, 4) is 0 Å². The highest BCUT2D eigenvalue weighted by Crippen LogP contribution is 2.59. The minimum atomic E-state index is -1.40. The van der Waals surface area contributed by atoms with Gasteiger partial charge in [-0.2, -0.15) is 0 Å². The lowest BCUT2D eigenvalue weighted by atomic mass is 10.1. The normalized spacial score (nSPS) is 27.7. The van der Waals surface area contributed by atoms with Crippen molar-refractivity contribution in [3.63, 3.8) is 0 Å². The van der Waals surface area contributed by atoms with E-state index in [2.05, 4.69) is 0 Å². The fraction of sp³-hybridized carbons (Fsp3) is 0.333. The van der Waals surface area contributed by atoms with Crippen molar-refractivity contribution >= 4 is 17.7 Å². The van der Waals surface area contributed by atoms with Crippen molar-refractivity contribution in [1.82, 2.24) is 0 Å². The highest BCUT2D eigenvalue weighted by Gasteiger charge is 2.62. The predicted octanol–water partition coefficient (Wildman–Crippen LogP) is 1.94. The molecule has 0 aromatic heterocycles. The van der Waals surface area contributed by atoms with Gasteiger partial charge >= 0.3 is 12.1 Å². The third-order valence-corrected chi connectivity index (χ3v) is 3.52. The summed E-state index contributed by atoms with van der Waals surface area (Å²) < 4.78 is 32.5. The number of hydrogen-bond donors (Lipinski definition) is 2. The second-order valence-corrected chi connectivity index (χ2v) is 4.63. The van der Waals surface area contributed by atoms with Crippen molar-refractivity contribution in [2.24, 2.45) is 11.8 Å². The van der Waals surface area contributed by atoms with Crippen molar-refractivity contribution in [2.75, 3.05) is 11.9 Å². The molecule has 19 heavy (non-hydrogen) atoms. The van der Waals surface area contributed by atoms with Gasteiger partial charge in [0.05, 0.1) is 12.5 Å². The van der Waals surface area contributed by atoms with E-state index < -0.39 is 35.5 Å². The molecule has 1 saturated heterocycles. The number of amides is 1. The first-order chi connectivity index (χ1) is 8.99. The second-order valence-electron chi connectivity index (χ2n) is 4.63. The molecule has 0 bridgehead atoms. The van der Waals surface area contributed by atoms with Crippen LogP contribution in [0.15, 0.2) is 12.1 Å². The topological polar surface area (TPSA) is 75.6 Å². The Morgan fingerprint density at radius 1 is 1.32 bits per heavy atom. The Hall–Kier alpha value is -2.18. The van der Waals surface area contributed by atoms with Crippen LogP contribution in [0.3, 0.4) is 0 Å². The number of benzene rings is 1. The van der Waals surface area contributed by atoms with E-state index in [9.17, 15) is 18.4 Å². The summed E-state index contributed by atoms with van der Waals surface area (Å²) in [6.07, 6.45) is -1.40. The van der Waals surface area contributed by atoms with E-state index in [1.807, 2.05) is 5.32 Å².